The maximum absolute atomic E-state index is 12.3. The molecule has 0 aromatic heterocycles. The molecule has 0 radical (unpaired) electrons. The molecule has 1 aliphatic carbocycles. The Labute approximate surface area is 117 Å². The first-order valence-electron chi connectivity index (χ1n) is 6.78. The Bertz CT molecular complexity index is 476. The lowest BCUT2D eigenvalue weighted by atomic mass is 9.64. The summed E-state index contributed by atoms with van der Waals surface area (Å²) in [6.07, 6.45) is 2.21. The van der Waals surface area contributed by atoms with Crippen LogP contribution in [0.4, 0.5) is 0 Å². The highest BCUT2D eigenvalue weighted by Gasteiger charge is 2.60. The second-order valence-corrected chi connectivity index (χ2v) is 5.53. The first kappa shape index (κ1) is 13.6. The fourth-order valence-corrected chi connectivity index (χ4v) is 3.52. The van der Waals surface area contributed by atoms with Gasteiger partial charge in [0.1, 0.15) is 11.5 Å². The molecule has 3 aliphatic rings. The Morgan fingerprint density at radius 1 is 1.35 bits per heavy atom. The van der Waals surface area contributed by atoms with Gasteiger partial charge in [0.2, 0.25) is 0 Å². The van der Waals surface area contributed by atoms with Gasteiger partial charge >= 0.3 is 11.9 Å². The van der Waals surface area contributed by atoms with Crippen LogP contribution in [0.25, 0.3) is 0 Å². The zero-order valence-electron chi connectivity index (χ0n) is 11.6. The van der Waals surface area contributed by atoms with Crippen molar-refractivity contribution in [2.24, 2.45) is 5.41 Å². The van der Waals surface area contributed by atoms with Gasteiger partial charge in [0.25, 0.3) is 0 Å². The molecule has 6 heteroatoms. The van der Waals surface area contributed by atoms with E-state index in [9.17, 15) is 9.59 Å². The number of hydrogen-bond acceptors (Lipinski definition) is 6. The van der Waals surface area contributed by atoms with E-state index in [4.69, 9.17) is 18.9 Å². The molecule has 110 valence electrons. The maximum atomic E-state index is 12.3. The lowest BCUT2D eigenvalue weighted by molar-refractivity contribution is -0.227. The Hall–Kier alpha value is -1.40. The lowest BCUT2D eigenvalue weighted by Crippen LogP contribution is -2.57. The van der Waals surface area contributed by atoms with Crippen LogP contribution < -0.4 is 0 Å². The third-order valence-electron chi connectivity index (χ3n) is 4.61. The average Bonchev–Trinajstić information content (AvgIpc) is 2.86. The molecular weight excluding hydrogens is 264 g/mol. The van der Waals surface area contributed by atoms with E-state index in [1.54, 1.807) is 6.92 Å². The van der Waals surface area contributed by atoms with Crippen LogP contribution in [0.1, 0.15) is 26.2 Å². The monoisotopic (exact) mass is 282 g/mol. The molecule has 6 nitrogen and oxygen atoms in total. The summed E-state index contributed by atoms with van der Waals surface area (Å²) in [4.78, 5) is 24.0. The highest BCUT2D eigenvalue weighted by atomic mass is 16.7. The molecule has 3 rings (SSSR count). The number of esters is 2. The van der Waals surface area contributed by atoms with E-state index < -0.39 is 23.3 Å². The van der Waals surface area contributed by atoms with Crippen molar-refractivity contribution in [3.05, 3.63) is 11.6 Å². The van der Waals surface area contributed by atoms with Crippen molar-refractivity contribution in [2.45, 2.75) is 38.1 Å². The van der Waals surface area contributed by atoms with Gasteiger partial charge in [0.15, 0.2) is 5.79 Å². The molecule has 1 spiro atoms. The number of ether oxygens (including phenoxy) is 4. The van der Waals surface area contributed by atoms with Crippen LogP contribution in [0, 0.1) is 5.41 Å². The molecule has 0 N–H and O–H groups in total. The predicted molar refractivity (Wildman–Crippen MR) is 66.6 cm³/mol. The standard InChI is InChI=1S/C14H18O6/c1-9-7-11(15)20-10-8-13(18-5-6-19-13)3-4-14(9,10)12(16)17-2/h7,10H,3-6,8H2,1-2H3/t10-,14+/m1/s1. The maximum Gasteiger partial charge on any atom is 0.331 e. The molecule has 0 aromatic rings. The molecule has 2 aliphatic heterocycles. The van der Waals surface area contributed by atoms with Gasteiger partial charge in [0.05, 0.1) is 20.3 Å². The summed E-state index contributed by atoms with van der Waals surface area (Å²) in [7, 11) is 1.35. The van der Waals surface area contributed by atoms with Crippen molar-refractivity contribution < 1.29 is 28.5 Å². The van der Waals surface area contributed by atoms with Crippen LogP contribution in [-0.4, -0.2) is 44.2 Å². The minimum Gasteiger partial charge on any atom is -0.468 e. The van der Waals surface area contributed by atoms with Gasteiger partial charge < -0.3 is 18.9 Å². The van der Waals surface area contributed by atoms with E-state index in [1.807, 2.05) is 0 Å². The smallest absolute Gasteiger partial charge is 0.331 e. The summed E-state index contributed by atoms with van der Waals surface area (Å²) in [5.74, 6) is -1.52. The van der Waals surface area contributed by atoms with E-state index in [0.29, 0.717) is 38.0 Å². The van der Waals surface area contributed by atoms with Gasteiger partial charge in [-0.25, -0.2) is 4.79 Å². The van der Waals surface area contributed by atoms with Crippen molar-refractivity contribution in [3.8, 4) is 0 Å². The van der Waals surface area contributed by atoms with E-state index in [2.05, 4.69) is 0 Å². The molecule has 2 fully saturated rings. The zero-order chi connectivity index (χ0) is 14.4. The van der Waals surface area contributed by atoms with Crippen molar-refractivity contribution in [3.63, 3.8) is 0 Å². The van der Waals surface area contributed by atoms with Crippen LogP contribution in [0.2, 0.25) is 0 Å². The molecule has 0 amide bonds. The first-order valence-corrected chi connectivity index (χ1v) is 6.78. The third-order valence-corrected chi connectivity index (χ3v) is 4.61. The molecule has 1 saturated carbocycles. The van der Waals surface area contributed by atoms with Crippen LogP contribution >= 0.6 is 0 Å². The van der Waals surface area contributed by atoms with Crippen molar-refractivity contribution >= 4 is 11.9 Å². The lowest BCUT2D eigenvalue weighted by Gasteiger charge is -2.48. The quantitative estimate of drug-likeness (QED) is 0.667. The number of hydrogen-bond donors (Lipinski definition) is 0. The highest BCUT2D eigenvalue weighted by Crippen LogP contribution is 2.52. The van der Waals surface area contributed by atoms with Gasteiger partial charge in [-0.1, -0.05) is 0 Å². The summed E-state index contributed by atoms with van der Waals surface area (Å²) in [5, 5.41) is 0. The zero-order valence-corrected chi connectivity index (χ0v) is 11.6. The van der Waals surface area contributed by atoms with Crippen LogP contribution in [0.3, 0.4) is 0 Å². The van der Waals surface area contributed by atoms with Crippen LogP contribution in [0.15, 0.2) is 11.6 Å². The first-order chi connectivity index (χ1) is 9.52. The second-order valence-electron chi connectivity index (χ2n) is 5.53. The van der Waals surface area contributed by atoms with Crippen molar-refractivity contribution in [1.29, 1.82) is 0 Å². The van der Waals surface area contributed by atoms with Crippen LogP contribution in [-0.2, 0) is 28.5 Å². The van der Waals surface area contributed by atoms with E-state index >= 15 is 0 Å². The number of carbonyl (C=O) groups is 2. The SMILES string of the molecule is COC(=O)[C@]12CCC3(C[C@H]1OC(=O)C=C2C)OCCO3. The molecule has 0 unspecified atom stereocenters. The summed E-state index contributed by atoms with van der Waals surface area (Å²) >= 11 is 0. The van der Waals surface area contributed by atoms with Gasteiger partial charge in [0, 0.05) is 18.9 Å². The fourth-order valence-electron chi connectivity index (χ4n) is 3.52. The topological polar surface area (TPSA) is 71.1 Å². The molecule has 20 heavy (non-hydrogen) atoms. The minimum atomic E-state index is -0.900. The number of fused-ring (bicyclic) bond motifs is 1. The van der Waals surface area contributed by atoms with Crippen LogP contribution in [0.5, 0.6) is 0 Å². The highest BCUT2D eigenvalue weighted by molar-refractivity contribution is 5.90. The third kappa shape index (κ3) is 1.78. The Balaban J connectivity index is 1.98. The largest absolute Gasteiger partial charge is 0.468 e. The molecule has 0 bridgehead atoms. The predicted octanol–water partition coefficient (Wildman–Crippen LogP) is 0.944. The number of rotatable bonds is 1. The fraction of sp³-hybridized carbons (Fsp3) is 0.714. The number of carbonyl (C=O) groups excluding carboxylic acids is 2. The summed E-state index contributed by atoms with van der Waals surface area (Å²) < 4.78 is 21.7. The van der Waals surface area contributed by atoms with Gasteiger partial charge in [-0.3, -0.25) is 4.79 Å². The van der Waals surface area contributed by atoms with E-state index in [1.165, 1.54) is 13.2 Å². The second kappa shape index (κ2) is 4.56. The van der Waals surface area contributed by atoms with E-state index in [-0.39, 0.29) is 5.97 Å². The summed E-state index contributed by atoms with van der Waals surface area (Å²) in [5.41, 5.74) is -0.207. The Morgan fingerprint density at radius 2 is 2.05 bits per heavy atom. The molecule has 0 aromatic carbocycles. The van der Waals surface area contributed by atoms with Gasteiger partial charge in [-0.2, -0.15) is 0 Å². The summed E-state index contributed by atoms with van der Waals surface area (Å²) in [6.45, 7) is 2.83. The van der Waals surface area contributed by atoms with Crippen molar-refractivity contribution in [2.75, 3.05) is 20.3 Å². The average molecular weight is 282 g/mol. The minimum absolute atomic E-state index is 0.360. The molecular formula is C14H18O6. The summed E-state index contributed by atoms with van der Waals surface area (Å²) in [6, 6.07) is 0. The Morgan fingerprint density at radius 3 is 2.70 bits per heavy atom. The molecule has 2 atom stereocenters. The molecule has 1 saturated heterocycles. The number of methoxy groups -OCH3 is 1. The molecule has 2 heterocycles. The van der Waals surface area contributed by atoms with E-state index in [0.717, 1.165) is 0 Å². The van der Waals surface area contributed by atoms with Gasteiger partial charge in [-0.05, 0) is 18.9 Å². The normalized spacial score (nSPS) is 35.2. The Kier molecular flexibility index (Phi) is 3.10. The van der Waals surface area contributed by atoms with Gasteiger partial charge in [-0.15, -0.1) is 0 Å². The van der Waals surface area contributed by atoms with Crippen molar-refractivity contribution in [1.82, 2.24) is 0 Å².